The van der Waals surface area contributed by atoms with Gasteiger partial charge in [0.1, 0.15) is 11.2 Å². The van der Waals surface area contributed by atoms with Crippen LogP contribution in [0.15, 0.2) is 253 Å². The highest BCUT2D eigenvalue weighted by atomic mass is 16.3. The third-order valence-electron chi connectivity index (χ3n) is 11.9. The monoisotopic (exact) mass is 791 g/mol. The summed E-state index contributed by atoms with van der Waals surface area (Å²) in [6.45, 7) is 0. The number of hydrogen-bond acceptors (Lipinski definition) is 2. The van der Waals surface area contributed by atoms with E-state index in [0.717, 1.165) is 61.3 Å². The molecule has 0 fully saturated rings. The van der Waals surface area contributed by atoms with Crippen LogP contribution in [0.3, 0.4) is 0 Å². The van der Waals surface area contributed by atoms with Gasteiger partial charge in [0.15, 0.2) is 0 Å². The Morgan fingerprint density at radius 1 is 0.242 bits per heavy atom. The third-order valence-corrected chi connectivity index (χ3v) is 11.9. The lowest BCUT2D eigenvalue weighted by Gasteiger charge is -2.26. The topological polar surface area (TPSA) is 16.4 Å². The van der Waals surface area contributed by atoms with Crippen molar-refractivity contribution in [3.8, 4) is 66.8 Å². The van der Waals surface area contributed by atoms with Crippen molar-refractivity contribution in [2.75, 3.05) is 4.90 Å². The van der Waals surface area contributed by atoms with Crippen molar-refractivity contribution in [3.05, 3.63) is 249 Å². The van der Waals surface area contributed by atoms with Gasteiger partial charge in [0.25, 0.3) is 0 Å². The molecule has 11 aromatic rings. The fraction of sp³-hybridized carbons (Fsp3) is 0. The number of benzene rings is 10. The van der Waals surface area contributed by atoms with Gasteiger partial charge in [-0.15, -0.1) is 0 Å². The molecule has 0 saturated heterocycles. The summed E-state index contributed by atoms with van der Waals surface area (Å²) in [5.41, 5.74) is 19.2. The maximum Gasteiger partial charge on any atom is 0.143 e. The van der Waals surface area contributed by atoms with E-state index in [9.17, 15) is 0 Å². The van der Waals surface area contributed by atoms with Crippen molar-refractivity contribution in [3.63, 3.8) is 0 Å². The molecule has 0 N–H and O–H groups in total. The number of para-hydroxylation sites is 2. The first-order valence-electron chi connectivity index (χ1n) is 21.2. The van der Waals surface area contributed by atoms with E-state index in [1.54, 1.807) is 0 Å². The molecule has 1 heterocycles. The minimum absolute atomic E-state index is 0.912. The van der Waals surface area contributed by atoms with Crippen molar-refractivity contribution in [2.24, 2.45) is 0 Å². The van der Waals surface area contributed by atoms with Crippen LogP contribution in [0.1, 0.15) is 0 Å². The molecule has 1 aromatic heterocycles. The third kappa shape index (κ3) is 7.14. The lowest BCUT2D eigenvalue weighted by Crippen LogP contribution is -2.09. The molecule has 292 valence electrons. The van der Waals surface area contributed by atoms with Crippen LogP contribution in [-0.4, -0.2) is 0 Å². The van der Waals surface area contributed by atoms with Crippen LogP contribution in [0, 0.1) is 0 Å². The Kier molecular flexibility index (Phi) is 9.57. The minimum Gasteiger partial charge on any atom is -0.455 e. The average Bonchev–Trinajstić information content (AvgIpc) is 3.75. The van der Waals surface area contributed by atoms with Gasteiger partial charge in [0, 0.05) is 33.4 Å². The quantitative estimate of drug-likeness (QED) is 0.145. The maximum atomic E-state index is 6.36. The van der Waals surface area contributed by atoms with Crippen molar-refractivity contribution in [1.82, 2.24) is 0 Å². The van der Waals surface area contributed by atoms with E-state index in [4.69, 9.17) is 4.42 Å². The highest BCUT2D eigenvalue weighted by Gasteiger charge is 2.16. The number of fused-ring (bicyclic) bond motifs is 3. The molecule has 0 amide bonds. The largest absolute Gasteiger partial charge is 0.455 e. The molecule has 2 nitrogen and oxygen atoms in total. The van der Waals surface area contributed by atoms with Gasteiger partial charge in [0.2, 0.25) is 0 Å². The van der Waals surface area contributed by atoms with Gasteiger partial charge in [0.05, 0.1) is 0 Å². The second-order valence-corrected chi connectivity index (χ2v) is 15.7. The fourth-order valence-corrected chi connectivity index (χ4v) is 8.69. The van der Waals surface area contributed by atoms with E-state index in [2.05, 4.69) is 241 Å². The van der Waals surface area contributed by atoms with Crippen LogP contribution in [-0.2, 0) is 0 Å². The zero-order valence-corrected chi connectivity index (χ0v) is 34.0. The van der Waals surface area contributed by atoms with Crippen LogP contribution < -0.4 is 4.90 Å². The van der Waals surface area contributed by atoms with Gasteiger partial charge >= 0.3 is 0 Å². The molecule has 0 aliphatic carbocycles. The molecular formula is C60H41NO. The SMILES string of the molecule is c1ccc(-c2cccc(-c3ccc(N(c4ccc(-c5ccc(-c6cccc7c6oc6ccccc67)cc5)cc4)c4ccc(-c5cccc(-c6ccccc6)c5)cc4)cc3)c2)cc1. The molecule has 62 heavy (non-hydrogen) atoms. The smallest absolute Gasteiger partial charge is 0.143 e. The molecule has 11 rings (SSSR count). The molecule has 0 aliphatic heterocycles. The molecule has 2 heteroatoms. The average molecular weight is 792 g/mol. The van der Waals surface area contributed by atoms with Crippen LogP contribution in [0.25, 0.3) is 88.7 Å². The second-order valence-electron chi connectivity index (χ2n) is 15.7. The summed E-state index contributed by atoms with van der Waals surface area (Å²) in [6.07, 6.45) is 0. The van der Waals surface area contributed by atoms with Gasteiger partial charge in [-0.25, -0.2) is 0 Å². The Balaban J connectivity index is 0.917. The normalized spacial score (nSPS) is 11.2. The second kappa shape index (κ2) is 16.1. The minimum atomic E-state index is 0.912. The van der Waals surface area contributed by atoms with Gasteiger partial charge in [-0.05, 0) is 116 Å². The Hall–Kier alpha value is -8.20. The molecule has 10 aromatic carbocycles. The van der Waals surface area contributed by atoms with E-state index in [1.807, 2.05) is 12.1 Å². The Labute approximate surface area is 362 Å². The standard InChI is InChI=1S/C60H41NO/c1-3-12-42(13-4-1)49-16-9-18-51(40-49)46-30-36-54(37-31-46)61(55-38-32-47(33-39-55)52-19-10-17-50(41-52)43-14-5-2-6-15-43)53-34-28-45(29-35-53)44-24-26-48(27-25-44)56-21-11-22-58-57-20-7-8-23-59(57)62-60(56)58/h1-41H. The first kappa shape index (κ1) is 36.8. The Bertz CT molecular complexity index is 3170. The first-order valence-corrected chi connectivity index (χ1v) is 21.2. The van der Waals surface area contributed by atoms with Crippen LogP contribution in [0.2, 0.25) is 0 Å². The molecule has 0 bridgehead atoms. The summed E-state index contributed by atoms with van der Waals surface area (Å²) >= 11 is 0. The highest BCUT2D eigenvalue weighted by molar-refractivity contribution is 6.09. The molecular weight excluding hydrogens is 751 g/mol. The molecule has 0 unspecified atom stereocenters. The lowest BCUT2D eigenvalue weighted by molar-refractivity contribution is 0.670. The maximum absolute atomic E-state index is 6.36. The summed E-state index contributed by atoms with van der Waals surface area (Å²) in [7, 11) is 0. The summed E-state index contributed by atoms with van der Waals surface area (Å²) < 4.78 is 6.36. The van der Waals surface area contributed by atoms with E-state index < -0.39 is 0 Å². The molecule has 0 spiro atoms. The van der Waals surface area contributed by atoms with Crippen molar-refractivity contribution < 1.29 is 4.42 Å². The number of furan rings is 1. The van der Waals surface area contributed by atoms with Crippen LogP contribution >= 0.6 is 0 Å². The number of hydrogen-bond donors (Lipinski definition) is 0. The van der Waals surface area contributed by atoms with Crippen molar-refractivity contribution in [2.45, 2.75) is 0 Å². The molecule has 0 aliphatic rings. The van der Waals surface area contributed by atoms with Gasteiger partial charge in [-0.1, -0.05) is 194 Å². The predicted molar refractivity (Wildman–Crippen MR) is 261 cm³/mol. The zero-order valence-electron chi connectivity index (χ0n) is 34.0. The first-order chi connectivity index (χ1) is 30.7. The highest BCUT2D eigenvalue weighted by Crippen LogP contribution is 2.40. The van der Waals surface area contributed by atoms with E-state index >= 15 is 0 Å². The van der Waals surface area contributed by atoms with E-state index in [-0.39, 0.29) is 0 Å². The van der Waals surface area contributed by atoms with Crippen LogP contribution in [0.5, 0.6) is 0 Å². The van der Waals surface area contributed by atoms with Gasteiger partial charge in [-0.2, -0.15) is 0 Å². The summed E-state index contributed by atoms with van der Waals surface area (Å²) in [6, 6.07) is 89.0. The van der Waals surface area contributed by atoms with Crippen molar-refractivity contribution in [1.29, 1.82) is 0 Å². The van der Waals surface area contributed by atoms with E-state index in [1.165, 1.54) is 44.5 Å². The zero-order chi connectivity index (χ0) is 41.2. The van der Waals surface area contributed by atoms with Crippen LogP contribution in [0.4, 0.5) is 17.1 Å². The number of rotatable bonds is 9. The predicted octanol–water partition coefficient (Wildman–Crippen LogP) is 17.1. The Morgan fingerprint density at radius 2 is 0.581 bits per heavy atom. The lowest BCUT2D eigenvalue weighted by atomic mass is 9.98. The summed E-state index contributed by atoms with van der Waals surface area (Å²) in [4.78, 5) is 2.34. The summed E-state index contributed by atoms with van der Waals surface area (Å²) in [5.74, 6) is 0. The number of nitrogens with zero attached hydrogens (tertiary/aromatic N) is 1. The number of anilines is 3. The van der Waals surface area contributed by atoms with Crippen molar-refractivity contribution >= 4 is 39.0 Å². The summed E-state index contributed by atoms with van der Waals surface area (Å²) in [5, 5.41) is 2.28. The Morgan fingerprint density at radius 3 is 1.06 bits per heavy atom. The molecule has 0 saturated carbocycles. The van der Waals surface area contributed by atoms with Gasteiger partial charge in [-0.3, -0.25) is 0 Å². The van der Waals surface area contributed by atoms with Gasteiger partial charge < -0.3 is 9.32 Å². The van der Waals surface area contributed by atoms with E-state index in [0.29, 0.717) is 0 Å². The molecule has 0 radical (unpaired) electrons. The molecule has 0 atom stereocenters. The fourth-order valence-electron chi connectivity index (χ4n) is 8.69.